The molecule has 1 aromatic carbocycles. The maximum atomic E-state index is 12.2. The van der Waals surface area contributed by atoms with E-state index in [0.29, 0.717) is 12.6 Å². The van der Waals surface area contributed by atoms with Crippen molar-refractivity contribution in [2.75, 3.05) is 25.9 Å². The molecule has 0 spiro atoms. The number of hydrogen-bond donors (Lipinski definition) is 0. The van der Waals surface area contributed by atoms with Crippen LogP contribution in [0.5, 0.6) is 0 Å². The molecule has 0 bridgehead atoms. The second kappa shape index (κ2) is 5.62. The number of benzene rings is 1. The first-order chi connectivity index (χ1) is 10.3. The maximum absolute atomic E-state index is 12.2. The molecule has 0 aliphatic carbocycles. The second-order valence-electron chi connectivity index (χ2n) is 7.00. The van der Waals surface area contributed by atoms with Crippen LogP contribution < -0.4 is 0 Å². The van der Waals surface area contributed by atoms with Gasteiger partial charge in [-0.3, -0.25) is 4.90 Å². The summed E-state index contributed by atoms with van der Waals surface area (Å²) in [6.07, 6.45) is 3.31. The molecular weight excluding hydrogens is 296 g/mol. The van der Waals surface area contributed by atoms with E-state index in [1.807, 2.05) is 6.07 Å². The fourth-order valence-corrected chi connectivity index (χ4v) is 5.39. The van der Waals surface area contributed by atoms with Gasteiger partial charge in [-0.15, -0.1) is 0 Å². The number of hydrogen-bond acceptors (Lipinski definition) is 3. The molecule has 2 atom stereocenters. The summed E-state index contributed by atoms with van der Waals surface area (Å²) >= 11 is 0. The van der Waals surface area contributed by atoms with Gasteiger partial charge in [-0.25, -0.2) is 8.42 Å². The number of rotatable bonds is 3. The van der Waals surface area contributed by atoms with Crippen LogP contribution in [0.3, 0.4) is 0 Å². The van der Waals surface area contributed by atoms with E-state index in [9.17, 15) is 8.42 Å². The molecule has 2 fully saturated rings. The van der Waals surface area contributed by atoms with E-state index in [1.165, 1.54) is 11.8 Å². The summed E-state index contributed by atoms with van der Waals surface area (Å²) in [6, 6.07) is 11.0. The van der Waals surface area contributed by atoms with Gasteiger partial charge in [0, 0.05) is 30.6 Å². The minimum Gasteiger partial charge on any atom is -0.299 e. The minimum absolute atomic E-state index is 0.0181. The number of nitrogens with zero attached hydrogens (tertiary/aromatic N) is 2. The molecule has 2 saturated heterocycles. The highest BCUT2D eigenvalue weighted by atomic mass is 32.2. The minimum atomic E-state index is -3.16. The third kappa shape index (κ3) is 2.59. The zero-order valence-corrected chi connectivity index (χ0v) is 14.5. The van der Waals surface area contributed by atoms with Crippen LogP contribution in [-0.2, 0) is 15.4 Å². The molecule has 3 rings (SSSR count). The molecule has 22 heavy (non-hydrogen) atoms. The highest BCUT2D eigenvalue weighted by molar-refractivity contribution is 7.88. The van der Waals surface area contributed by atoms with Crippen LogP contribution in [0.25, 0.3) is 0 Å². The number of sulfonamides is 1. The van der Waals surface area contributed by atoms with Crippen molar-refractivity contribution in [2.45, 2.75) is 44.2 Å². The summed E-state index contributed by atoms with van der Waals surface area (Å²) in [5.41, 5.74) is 1.28. The normalized spacial score (nSPS) is 30.6. The van der Waals surface area contributed by atoms with Crippen molar-refractivity contribution in [3.05, 3.63) is 35.9 Å². The SMILES string of the molecule is CC(C)N1CC[C@]2(c3ccccc3)CCN(S(C)(=O)=O)[C@@H]2C1. The van der Waals surface area contributed by atoms with Crippen molar-refractivity contribution in [2.24, 2.45) is 0 Å². The highest BCUT2D eigenvalue weighted by Gasteiger charge is 2.53. The highest BCUT2D eigenvalue weighted by Crippen LogP contribution is 2.46. The molecule has 2 heterocycles. The lowest BCUT2D eigenvalue weighted by atomic mass is 9.69. The third-order valence-corrected chi connectivity index (χ3v) is 6.81. The topological polar surface area (TPSA) is 40.6 Å². The molecule has 4 nitrogen and oxygen atoms in total. The van der Waals surface area contributed by atoms with Crippen molar-refractivity contribution >= 4 is 10.0 Å². The van der Waals surface area contributed by atoms with Crippen molar-refractivity contribution in [1.29, 1.82) is 0 Å². The summed E-state index contributed by atoms with van der Waals surface area (Å²) in [7, 11) is -3.16. The van der Waals surface area contributed by atoms with E-state index in [2.05, 4.69) is 43.0 Å². The lowest BCUT2D eigenvalue weighted by Crippen LogP contribution is -2.57. The Labute approximate surface area is 134 Å². The van der Waals surface area contributed by atoms with Crippen molar-refractivity contribution in [1.82, 2.24) is 9.21 Å². The molecule has 1 aromatic rings. The van der Waals surface area contributed by atoms with Crippen LogP contribution in [0.15, 0.2) is 30.3 Å². The Bertz CT molecular complexity index is 629. The first-order valence-corrected chi connectivity index (χ1v) is 9.96. The first kappa shape index (κ1) is 16.0. The average Bonchev–Trinajstić information content (AvgIpc) is 2.87. The van der Waals surface area contributed by atoms with E-state index in [1.54, 1.807) is 4.31 Å². The molecule has 0 N–H and O–H groups in total. The lowest BCUT2D eigenvalue weighted by molar-refractivity contribution is 0.0923. The van der Waals surface area contributed by atoms with Crippen LogP contribution in [0.1, 0.15) is 32.3 Å². The van der Waals surface area contributed by atoms with Crippen LogP contribution in [-0.4, -0.2) is 55.6 Å². The molecule has 0 aromatic heterocycles. The van der Waals surface area contributed by atoms with Crippen molar-refractivity contribution < 1.29 is 8.42 Å². The van der Waals surface area contributed by atoms with Gasteiger partial charge in [0.25, 0.3) is 0 Å². The van der Waals surface area contributed by atoms with E-state index in [0.717, 1.165) is 25.9 Å². The molecule has 0 radical (unpaired) electrons. The summed E-state index contributed by atoms with van der Waals surface area (Å²) in [5.74, 6) is 0. The Balaban J connectivity index is 2.02. The van der Waals surface area contributed by atoms with Gasteiger partial charge in [0.15, 0.2) is 0 Å². The Morgan fingerprint density at radius 3 is 2.36 bits per heavy atom. The Kier molecular flexibility index (Phi) is 4.08. The summed E-state index contributed by atoms with van der Waals surface area (Å²) in [5, 5.41) is 0. The molecule has 0 amide bonds. The zero-order chi connectivity index (χ0) is 16.0. The predicted octanol–water partition coefficient (Wildman–Crippen LogP) is 2.07. The maximum Gasteiger partial charge on any atom is 0.211 e. The van der Waals surface area contributed by atoms with E-state index >= 15 is 0 Å². The van der Waals surface area contributed by atoms with Gasteiger partial charge in [0.2, 0.25) is 10.0 Å². The number of likely N-dealkylation sites (tertiary alicyclic amines) is 1. The van der Waals surface area contributed by atoms with Crippen molar-refractivity contribution in [3.8, 4) is 0 Å². The monoisotopic (exact) mass is 322 g/mol. The number of fused-ring (bicyclic) bond motifs is 1. The standard InChI is InChI=1S/C17H26N2O2S/c1-14(2)18-11-9-17(15-7-5-4-6-8-15)10-12-19(16(17)13-18)22(3,20)21/h4-8,14,16H,9-13H2,1-3H3/t16-,17-/m1/s1. The van der Waals surface area contributed by atoms with E-state index < -0.39 is 10.0 Å². The van der Waals surface area contributed by atoms with Gasteiger partial charge in [0.05, 0.1) is 6.26 Å². The lowest BCUT2D eigenvalue weighted by Gasteiger charge is -2.47. The second-order valence-corrected chi connectivity index (χ2v) is 8.94. The fourth-order valence-electron chi connectivity index (χ4n) is 4.24. The van der Waals surface area contributed by atoms with Crippen LogP contribution >= 0.6 is 0 Å². The molecule has 5 heteroatoms. The van der Waals surface area contributed by atoms with Gasteiger partial charge < -0.3 is 0 Å². The van der Waals surface area contributed by atoms with Crippen LogP contribution in [0.2, 0.25) is 0 Å². The largest absolute Gasteiger partial charge is 0.299 e. The van der Waals surface area contributed by atoms with E-state index in [-0.39, 0.29) is 11.5 Å². The number of piperidine rings is 1. The summed E-state index contributed by atoms with van der Waals surface area (Å²) in [4.78, 5) is 2.41. The van der Waals surface area contributed by atoms with Gasteiger partial charge in [-0.05, 0) is 38.8 Å². The van der Waals surface area contributed by atoms with Gasteiger partial charge in [-0.2, -0.15) is 4.31 Å². The molecular formula is C17H26N2O2S. The van der Waals surface area contributed by atoms with Crippen LogP contribution in [0, 0.1) is 0 Å². The van der Waals surface area contributed by atoms with Gasteiger partial charge in [0.1, 0.15) is 0 Å². The average molecular weight is 322 g/mol. The molecule has 0 saturated carbocycles. The summed E-state index contributed by atoms with van der Waals surface area (Å²) < 4.78 is 26.2. The Morgan fingerprint density at radius 2 is 1.77 bits per heavy atom. The smallest absolute Gasteiger partial charge is 0.211 e. The van der Waals surface area contributed by atoms with Crippen molar-refractivity contribution in [3.63, 3.8) is 0 Å². The third-order valence-electron chi connectivity index (χ3n) is 5.52. The zero-order valence-electron chi connectivity index (χ0n) is 13.7. The van der Waals surface area contributed by atoms with Gasteiger partial charge in [-0.1, -0.05) is 30.3 Å². The molecule has 2 aliphatic rings. The quantitative estimate of drug-likeness (QED) is 0.855. The molecule has 0 unspecified atom stereocenters. The Morgan fingerprint density at radius 1 is 1.14 bits per heavy atom. The molecule has 2 aliphatic heterocycles. The Hall–Kier alpha value is -0.910. The fraction of sp³-hybridized carbons (Fsp3) is 0.647. The first-order valence-electron chi connectivity index (χ1n) is 8.11. The van der Waals surface area contributed by atoms with Gasteiger partial charge >= 0.3 is 0 Å². The van der Waals surface area contributed by atoms with Crippen LogP contribution in [0.4, 0.5) is 0 Å². The predicted molar refractivity (Wildman–Crippen MR) is 89.4 cm³/mol. The summed E-state index contributed by atoms with van der Waals surface area (Å²) in [6.45, 7) is 6.90. The molecule has 122 valence electrons. The van der Waals surface area contributed by atoms with E-state index in [4.69, 9.17) is 0 Å².